The van der Waals surface area contributed by atoms with Gasteiger partial charge in [-0.15, -0.1) is 0 Å². The van der Waals surface area contributed by atoms with Gasteiger partial charge < -0.3 is 10.2 Å². The number of nitrogens with zero attached hydrogens (tertiary/aromatic N) is 1. The zero-order chi connectivity index (χ0) is 14.8. The van der Waals surface area contributed by atoms with Gasteiger partial charge in [0.2, 0.25) is 0 Å². The van der Waals surface area contributed by atoms with Gasteiger partial charge in [0.15, 0.2) is 0 Å². The van der Waals surface area contributed by atoms with Crippen molar-refractivity contribution in [1.29, 1.82) is 0 Å². The van der Waals surface area contributed by atoms with Gasteiger partial charge in [0.05, 0.1) is 5.02 Å². The Kier molecular flexibility index (Phi) is 5.07. The Balaban J connectivity index is 1.60. The van der Waals surface area contributed by atoms with Gasteiger partial charge in [0.25, 0.3) is 5.91 Å². The Morgan fingerprint density at radius 3 is 2.67 bits per heavy atom. The van der Waals surface area contributed by atoms with E-state index >= 15 is 0 Å². The lowest BCUT2D eigenvalue weighted by Crippen LogP contribution is -2.43. The molecule has 2 fully saturated rings. The molecule has 2 aliphatic heterocycles. The van der Waals surface area contributed by atoms with Crippen molar-refractivity contribution in [1.82, 2.24) is 10.2 Å². The number of piperidine rings is 1. The van der Waals surface area contributed by atoms with Gasteiger partial charge in [0, 0.05) is 28.3 Å². The van der Waals surface area contributed by atoms with Crippen LogP contribution in [-0.2, 0) is 0 Å². The van der Waals surface area contributed by atoms with Crippen molar-refractivity contribution < 1.29 is 4.79 Å². The third-order valence-corrected chi connectivity index (χ3v) is 6.23. The molecule has 0 aliphatic carbocycles. The minimum Gasteiger partial charge on any atom is -0.339 e. The molecule has 3 nitrogen and oxygen atoms in total. The molecule has 1 N–H and O–H groups in total. The zero-order valence-corrected chi connectivity index (χ0v) is 14.9. The highest BCUT2D eigenvalue weighted by Crippen LogP contribution is 2.27. The van der Waals surface area contributed by atoms with Crippen LogP contribution in [0, 0.1) is 9.49 Å². The van der Waals surface area contributed by atoms with E-state index < -0.39 is 0 Å². The fraction of sp³-hybridized carbons (Fsp3) is 0.562. The highest BCUT2D eigenvalue weighted by Gasteiger charge is 2.30. The van der Waals surface area contributed by atoms with Gasteiger partial charge in [0.1, 0.15) is 0 Å². The van der Waals surface area contributed by atoms with E-state index in [-0.39, 0.29) is 5.91 Å². The first-order valence-corrected chi connectivity index (χ1v) is 9.08. The summed E-state index contributed by atoms with van der Waals surface area (Å²) in [5.74, 6) is 0.850. The molecule has 2 saturated heterocycles. The number of rotatable bonds is 2. The summed E-state index contributed by atoms with van der Waals surface area (Å²) in [4.78, 5) is 14.5. The van der Waals surface area contributed by atoms with E-state index in [0.29, 0.717) is 16.6 Å². The van der Waals surface area contributed by atoms with E-state index in [9.17, 15) is 4.79 Å². The summed E-state index contributed by atoms with van der Waals surface area (Å²) < 4.78 is 0.983. The first-order chi connectivity index (χ1) is 10.1. The SMILES string of the molecule is O=C(c1ccc(I)c(Cl)c1)N1CCC(C2CCCN2)CC1. The Hall–Kier alpha value is -0.330. The van der Waals surface area contributed by atoms with Crippen molar-refractivity contribution in [3.63, 3.8) is 0 Å². The molecular formula is C16H20ClIN2O. The van der Waals surface area contributed by atoms with Crippen molar-refractivity contribution in [3.8, 4) is 0 Å². The zero-order valence-electron chi connectivity index (χ0n) is 11.9. The van der Waals surface area contributed by atoms with Gasteiger partial charge in [-0.1, -0.05) is 11.6 Å². The van der Waals surface area contributed by atoms with Crippen LogP contribution in [0.15, 0.2) is 18.2 Å². The topological polar surface area (TPSA) is 32.3 Å². The first-order valence-electron chi connectivity index (χ1n) is 7.63. The second kappa shape index (κ2) is 6.84. The summed E-state index contributed by atoms with van der Waals surface area (Å²) in [5, 5.41) is 4.25. The number of amides is 1. The molecule has 0 aromatic heterocycles. The predicted molar refractivity (Wildman–Crippen MR) is 93.8 cm³/mol. The minimum absolute atomic E-state index is 0.117. The van der Waals surface area contributed by atoms with Crippen molar-refractivity contribution in [2.24, 2.45) is 5.92 Å². The molecule has 2 heterocycles. The smallest absolute Gasteiger partial charge is 0.253 e. The molecule has 0 spiro atoms. The lowest BCUT2D eigenvalue weighted by atomic mass is 9.88. The summed E-state index contributed by atoms with van der Waals surface area (Å²) in [6.45, 7) is 2.89. The molecule has 0 bridgehead atoms. The summed E-state index contributed by atoms with van der Waals surface area (Å²) in [7, 11) is 0. The number of likely N-dealkylation sites (tertiary alicyclic amines) is 1. The van der Waals surface area contributed by atoms with Crippen molar-refractivity contribution in [2.45, 2.75) is 31.7 Å². The molecule has 0 radical (unpaired) electrons. The quantitative estimate of drug-likeness (QED) is 0.745. The van der Waals surface area contributed by atoms with E-state index in [1.807, 2.05) is 17.0 Å². The van der Waals surface area contributed by atoms with Crippen LogP contribution < -0.4 is 5.32 Å². The lowest BCUT2D eigenvalue weighted by molar-refractivity contribution is 0.0674. The van der Waals surface area contributed by atoms with Crippen molar-refractivity contribution in [2.75, 3.05) is 19.6 Å². The molecule has 2 aliphatic rings. The average molecular weight is 419 g/mol. The van der Waals surface area contributed by atoms with Gasteiger partial charge in [-0.3, -0.25) is 4.79 Å². The molecule has 3 rings (SSSR count). The molecule has 1 amide bonds. The van der Waals surface area contributed by atoms with Gasteiger partial charge in [-0.05, 0) is 78.9 Å². The summed E-state index contributed by atoms with van der Waals surface area (Å²) in [6, 6.07) is 6.25. The number of nitrogens with one attached hydrogen (secondary N) is 1. The van der Waals surface area contributed by atoms with Crippen LogP contribution in [0.4, 0.5) is 0 Å². The van der Waals surface area contributed by atoms with E-state index in [0.717, 1.165) is 42.0 Å². The number of carbonyl (C=O) groups is 1. The normalized spacial score (nSPS) is 23.5. The Morgan fingerprint density at radius 2 is 2.05 bits per heavy atom. The van der Waals surface area contributed by atoms with E-state index in [2.05, 4.69) is 27.9 Å². The maximum absolute atomic E-state index is 12.5. The molecule has 5 heteroatoms. The molecule has 1 atom stereocenters. The van der Waals surface area contributed by atoms with Crippen molar-refractivity contribution in [3.05, 3.63) is 32.4 Å². The van der Waals surface area contributed by atoms with Gasteiger partial charge in [-0.25, -0.2) is 0 Å². The third kappa shape index (κ3) is 3.54. The summed E-state index contributed by atoms with van der Waals surface area (Å²) in [5.41, 5.74) is 0.706. The second-order valence-electron chi connectivity index (χ2n) is 5.96. The Morgan fingerprint density at radius 1 is 1.29 bits per heavy atom. The fourth-order valence-electron chi connectivity index (χ4n) is 3.43. The van der Waals surface area contributed by atoms with E-state index in [4.69, 9.17) is 11.6 Å². The molecule has 21 heavy (non-hydrogen) atoms. The predicted octanol–water partition coefficient (Wildman–Crippen LogP) is 3.55. The van der Waals surface area contributed by atoms with E-state index in [1.165, 1.54) is 12.8 Å². The minimum atomic E-state index is 0.117. The maximum atomic E-state index is 12.5. The fourth-order valence-corrected chi connectivity index (χ4v) is 3.95. The molecule has 114 valence electrons. The number of hydrogen-bond acceptors (Lipinski definition) is 2. The maximum Gasteiger partial charge on any atom is 0.253 e. The molecule has 1 aromatic rings. The number of halogens is 2. The highest BCUT2D eigenvalue weighted by molar-refractivity contribution is 14.1. The van der Waals surface area contributed by atoms with Crippen LogP contribution in [0.1, 0.15) is 36.0 Å². The van der Waals surface area contributed by atoms with Gasteiger partial charge in [-0.2, -0.15) is 0 Å². The standard InChI is InChI=1S/C16H20ClIN2O/c17-13-10-12(3-4-14(13)18)16(21)20-8-5-11(6-9-20)15-2-1-7-19-15/h3-4,10-11,15,19H,1-2,5-9H2. The van der Waals surface area contributed by atoms with E-state index in [1.54, 1.807) is 6.07 Å². The van der Waals surface area contributed by atoms with Crippen LogP contribution in [-0.4, -0.2) is 36.5 Å². The molecule has 1 aromatic carbocycles. The van der Waals surface area contributed by atoms with Crippen LogP contribution in [0.2, 0.25) is 5.02 Å². The summed E-state index contributed by atoms with van der Waals surface area (Å²) >= 11 is 8.30. The van der Waals surface area contributed by atoms with Gasteiger partial charge >= 0.3 is 0 Å². The number of benzene rings is 1. The number of hydrogen-bond donors (Lipinski definition) is 1. The third-order valence-electron chi connectivity index (χ3n) is 4.66. The lowest BCUT2D eigenvalue weighted by Gasteiger charge is -2.35. The molecule has 0 saturated carbocycles. The van der Waals surface area contributed by atoms with Crippen molar-refractivity contribution >= 4 is 40.1 Å². The average Bonchev–Trinajstić information content (AvgIpc) is 3.04. The monoisotopic (exact) mass is 418 g/mol. The van der Waals surface area contributed by atoms with Crippen LogP contribution in [0.5, 0.6) is 0 Å². The highest BCUT2D eigenvalue weighted by atomic mass is 127. The van der Waals surface area contributed by atoms with Crippen LogP contribution >= 0.6 is 34.2 Å². The Labute approximate surface area is 144 Å². The first kappa shape index (κ1) is 15.6. The number of carbonyl (C=O) groups excluding carboxylic acids is 1. The summed E-state index contributed by atoms with van der Waals surface area (Å²) in [6.07, 6.45) is 4.82. The largest absolute Gasteiger partial charge is 0.339 e. The second-order valence-corrected chi connectivity index (χ2v) is 7.53. The Bertz CT molecular complexity index is 523. The van der Waals surface area contributed by atoms with Crippen LogP contribution in [0.25, 0.3) is 0 Å². The van der Waals surface area contributed by atoms with Crippen LogP contribution in [0.3, 0.4) is 0 Å². The molecular weight excluding hydrogens is 399 g/mol. The molecule has 1 unspecified atom stereocenters.